The minimum Gasteiger partial charge on any atom is -0.337 e. The van der Waals surface area contributed by atoms with Crippen LogP contribution in [0.25, 0.3) is 11.4 Å². The maximum absolute atomic E-state index is 12.9. The predicted octanol–water partition coefficient (Wildman–Crippen LogP) is 4.32. The highest BCUT2D eigenvalue weighted by atomic mass is 16.2. The summed E-state index contributed by atoms with van der Waals surface area (Å²) in [5.74, 6) is 2.34. The third kappa shape index (κ3) is 4.55. The molecule has 1 aromatic carbocycles. The van der Waals surface area contributed by atoms with E-state index in [1.807, 2.05) is 41.4 Å². The molecule has 8 nitrogen and oxygen atoms in total. The van der Waals surface area contributed by atoms with Gasteiger partial charge in [-0.25, -0.2) is 15.0 Å². The van der Waals surface area contributed by atoms with Crippen molar-refractivity contribution in [3.63, 3.8) is 0 Å². The highest BCUT2D eigenvalue weighted by Gasteiger charge is 2.31. The lowest BCUT2D eigenvalue weighted by Gasteiger charge is -2.20. The number of hydrogen-bond donors (Lipinski definition) is 1. The number of benzene rings is 1. The van der Waals surface area contributed by atoms with Gasteiger partial charge in [0, 0.05) is 48.5 Å². The summed E-state index contributed by atoms with van der Waals surface area (Å²) in [5.41, 5.74) is 3.41. The molecule has 1 saturated carbocycles. The van der Waals surface area contributed by atoms with Crippen LogP contribution in [0.4, 0.5) is 11.6 Å². The van der Waals surface area contributed by atoms with Crippen LogP contribution in [0.1, 0.15) is 61.3 Å². The largest absolute Gasteiger partial charge is 0.337 e. The third-order valence-electron chi connectivity index (χ3n) is 6.77. The highest BCUT2D eigenvalue weighted by molar-refractivity contribution is 5.94. The van der Waals surface area contributed by atoms with Crippen LogP contribution in [0, 0.1) is 0 Å². The van der Waals surface area contributed by atoms with Crippen molar-refractivity contribution >= 4 is 17.5 Å². The van der Waals surface area contributed by atoms with Crippen LogP contribution in [0.5, 0.6) is 0 Å². The van der Waals surface area contributed by atoms with E-state index in [2.05, 4.69) is 47.7 Å². The molecule has 0 radical (unpaired) electrons. The molecule has 5 rings (SSSR count). The van der Waals surface area contributed by atoms with E-state index in [1.54, 1.807) is 6.20 Å². The van der Waals surface area contributed by atoms with Gasteiger partial charge in [0.1, 0.15) is 5.82 Å². The zero-order chi connectivity index (χ0) is 23.8. The van der Waals surface area contributed by atoms with Crippen molar-refractivity contribution in [1.29, 1.82) is 0 Å². The van der Waals surface area contributed by atoms with Gasteiger partial charge in [0.05, 0.1) is 17.6 Å². The fourth-order valence-electron chi connectivity index (χ4n) is 4.67. The first-order valence-corrected chi connectivity index (χ1v) is 12.1. The number of nitrogens with zero attached hydrogens (tertiary/aromatic N) is 6. The minimum absolute atomic E-state index is 0.0857. The summed E-state index contributed by atoms with van der Waals surface area (Å²) >= 11 is 0. The average Bonchev–Trinajstić information content (AvgIpc) is 3.37. The van der Waals surface area contributed by atoms with Gasteiger partial charge in [0.2, 0.25) is 5.95 Å². The Morgan fingerprint density at radius 3 is 2.50 bits per heavy atom. The maximum Gasteiger partial charge on any atom is 0.253 e. The van der Waals surface area contributed by atoms with Crippen LogP contribution in [0.2, 0.25) is 0 Å². The summed E-state index contributed by atoms with van der Waals surface area (Å²) in [6.07, 6.45) is 7.15. The highest BCUT2D eigenvalue weighted by Crippen LogP contribution is 2.41. The number of aromatic nitrogens is 4. The number of likely N-dealkylation sites (tertiary alicyclic amines) is 1. The molecule has 2 aromatic heterocycles. The summed E-state index contributed by atoms with van der Waals surface area (Å²) in [6, 6.07) is 10.2. The lowest BCUT2D eigenvalue weighted by atomic mass is 10.2. The molecule has 3 aromatic rings. The molecule has 8 heteroatoms. The summed E-state index contributed by atoms with van der Waals surface area (Å²) in [6.45, 7) is 5.95. The van der Waals surface area contributed by atoms with Gasteiger partial charge in [-0.05, 0) is 77.5 Å². The fraction of sp³-hybridized carbons (Fsp3) is 0.462. The molecule has 34 heavy (non-hydrogen) atoms. The normalized spacial score (nSPS) is 18.2. The third-order valence-corrected chi connectivity index (χ3v) is 6.77. The smallest absolute Gasteiger partial charge is 0.253 e. The number of likely N-dealkylation sites (N-methyl/N-ethyl adjacent to an activating group) is 1. The molecule has 1 atom stereocenters. The van der Waals surface area contributed by atoms with Gasteiger partial charge in [-0.2, -0.15) is 0 Å². The van der Waals surface area contributed by atoms with E-state index in [1.165, 1.54) is 12.8 Å². The molecule has 1 unspecified atom stereocenters. The second-order valence-corrected chi connectivity index (χ2v) is 9.86. The predicted molar refractivity (Wildman–Crippen MR) is 133 cm³/mol. The van der Waals surface area contributed by atoms with Gasteiger partial charge in [0.25, 0.3) is 5.91 Å². The van der Waals surface area contributed by atoms with Crippen LogP contribution < -0.4 is 5.32 Å². The van der Waals surface area contributed by atoms with Crippen molar-refractivity contribution in [3.05, 3.63) is 54.1 Å². The van der Waals surface area contributed by atoms with Gasteiger partial charge in [0.15, 0.2) is 0 Å². The molecular formula is C26H33N7O. The lowest BCUT2D eigenvalue weighted by Crippen LogP contribution is -2.34. The van der Waals surface area contributed by atoms with Gasteiger partial charge in [-0.3, -0.25) is 4.79 Å². The molecule has 1 saturated heterocycles. The second kappa shape index (κ2) is 9.18. The fourth-order valence-corrected chi connectivity index (χ4v) is 4.67. The minimum atomic E-state index is 0.0857. The van der Waals surface area contributed by atoms with Crippen LogP contribution >= 0.6 is 0 Å². The number of amides is 1. The van der Waals surface area contributed by atoms with Crippen LogP contribution in [0.15, 0.2) is 42.7 Å². The molecule has 1 amide bonds. The Morgan fingerprint density at radius 1 is 1.09 bits per heavy atom. The van der Waals surface area contributed by atoms with E-state index in [0.29, 0.717) is 29.5 Å². The number of nitrogens with one attached hydrogen (secondary N) is 1. The second-order valence-electron chi connectivity index (χ2n) is 9.86. The van der Waals surface area contributed by atoms with Crippen molar-refractivity contribution < 1.29 is 4.79 Å². The van der Waals surface area contributed by atoms with Crippen molar-refractivity contribution in [2.75, 3.05) is 32.5 Å². The number of imidazole rings is 1. The molecule has 0 spiro atoms. The Hall–Kier alpha value is -3.26. The Bertz CT molecular complexity index is 1160. The van der Waals surface area contributed by atoms with Crippen molar-refractivity contribution in [1.82, 2.24) is 29.3 Å². The standard InChI is InChI=1S/C26H33N7O/c1-17(2)33-23(15-28-24(33)18-5-6-18)22-11-13-27-26(30-22)29-20-9-7-19(8-10-20)25(34)32-14-12-21(16-32)31(3)4/h7-11,13,15,17-18,21H,5-6,12,14,16H2,1-4H3,(H,27,29,30). The first kappa shape index (κ1) is 22.5. The quantitative estimate of drug-likeness (QED) is 0.567. The SMILES string of the molecule is CC(C)n1c(-c2ccnc(Nc3ccc(C(=O)N4CCC(N(C)C)C4)cc3)n2)cnc1C1CC1. The summed E-state index contributed by atoms with van der Waals surface area (Å²) < 4.78 is 2.30. The van der Waals surface area contributed by atoms with Gasteiger partial charge >= 0.3 is 0 Å². The molecule has 2 fully saturated rings. The molecule has 3 heterocycles. The van der Waals surface area contributed by atoms with Crippen LogP contribution in [0.3, 0.4) is 0 Å². The van der Waals surface area contributed by atoms with Crippen molar-refractivity contribution in [2.24, 2.45) is 0 Å². The number of anilines is 2. The summed E-state index contributed by atoms with van der Waals surface area (Å²) in [7, 11) is 4.14. The van der Waals surface area contributed by atoms with E-state index < -0.39 is 0 Å². The van der Waals surface area contributed by atoms with E-state index in [-0.39, 0.29) is 5.91 Å². The summed E-state index contributed by atoms with van der Waals surface area (Å²) in [4.78, 5) is 30.9. The zero-order valence-electron chi connectivity index (χ0n) is 20.4. The van der Waals surface area contributed by atoms with E-state index in [4.69, 9.17) is 9.97 Å². The summed E-state index contributed by atoms with van der Waals surface area (Å²) in [5, 5.41) is 3.28. The molecule has 1 aliphatic heterocycles. The van der Waals surface area contributed by atoms with Crippen molar-refractivity contribution in [2.45, 2.75) is 51.1 Å². The lowest BCUT2D eigenvalue weighted by molar-refractivity contribution is 0.0783. The Balaban J connectivity index is 1.30. The number of rotatable bonds is 7. The van der Waals surface area contributed by atoms with Gasteiger partial charge in [-0.15, -0.1) is 0 Å². The zero-order valence-corrected chi connectivity index (χ0v) is 20.4. The van der Waals surface area contributed by atoms with E-state index in [9.17, 15) is 4.79 Å². The maximum atomic E-state index is 12.9. The number of hydrogen-bond acceptors (Lipinski definition) is 6. The first-order valence-electron chi connectivity index (χ1n) is 12.1. The van der Waals surface area contributed by atoms with Crippen molar-refractivity contribution in [3.8, 4) is 11.4 Å². The molecule has 178 valence electrons. The van der Waals surface area contributed by atoms with E-state index in [0.717, 1.165) is 42.4 Å². The molecule has 1 N–H and O–H groups in total. The van der Waals surface area contributed by atoms with E-state index >= 15 is 0 Å². The Kier molecular flexibility index (Phi) is 6.08. The van der Waals surface area contributed by atoms with Crippen LogP contribution in [-0.2, 0) is 0 Å². The van der Waals surface area contributed by atoms with Gasteiger partial charge < -0.3 is 19.7 Å². The Morgan fingerprint density at radius 2 is 1.85 bits per heavy atom. The average molecular weight is 460 g/mol. The molecule has 2 aliphatic rings. The monoisotopic (exact) mass is 459 g/mol. The first-order chi connectivity index (χ1) is 16.4. The molecular weight excluding hydrogens is 426 g/mol. The topological polar surface area (TPSA) is 79.2 Å². The Labute approximate surface area is 201 Å². The molecule has 1 aliphatic carbocycles. The number of carbonyl (C=O) groups is 1. The number of carbonyl (C=O) groups excluding carboxylic acids is 1. The molecule has 0 bridgehead atoms. The van der Waals surface area contributed by atoms with Crippen LogP contribution in [-0.4, -0.2) is 68.5 Å². The van der Waals surface area contributed by atoms with Gasteiger partial charge in [-0.1, -0.05) is 0 Å².